The molecule has 3 atom stereocenters. The first-order chi connectivity index (χ1) is 63.4. The molecule has 0 saturated heterocycles. The normalized spacial score (nSPS) is 13.0. The maximum Gasteiger partial charge on any atom is 0.330 e. The smallest absolute Gasteiger partial charge is 0.330 e. The van der Waals surface area contributed by atoms with E-state index in [4.69, 9.17) is 42.1 Å². The lowest BCUT2D eigenvalue weighted by atomic mass is 10.0. The van der Waals surface area contributed by atoms with Crippen LogP contribution in [0.3, 0.4) is 0 Å². The Morgan fingerprint density at radius 2 is 0.409 bits per heavy atom. The Hall–Kier alpha value is -5.01. The minimum atomic E-state index is -4.14. The molecule has 0 aromatic heterocycles. The third-order valence-electron chi connectivity index (χ3n) is 23.6. The summed E-state index contributed by atoms with van der Waals surface area (Å²) >= 11 is 0. The quantitative estimate of drug-likeness (QED) is 0.0127. The summed E-state index contributed by atoms with van der Waals surface area (Å²) in [5.74, 6) is -3.96. The van der Waals surface area contributed by atoms with Gasteiger partial charge in [0.1, 0.15) is 37.1 Å². The zero-order valence-corrected chi connectivity index (χ0v) is 87.9. The Balaban J connectivity index is -0.00000189. The van der Waals surface area contributed by atoms with Crippen LogP contribution in [-0.2, 0) is 87.5 Å². The number of unbranched alkanes of at least 4 members (excludes halogenated alkanes) is 54. The molecule has 0 unspecified atom stereocenters. The minimum absolute atomic E-state index is 0.0815. The van der Waals surface area contributed by atoms with Crippen molar-refractivity contribution in [2.75, 3.05) is 37.1 Å². The largest absolute Gasteiger partial charge is 0.463 e. The first-order valence-corrected chi connectivity index (χ1v) is 58.1. The average Bonchev–Trinajstić information content (AvgIpc) is 0.946. The van der Waals surface area contributed by atoms with Crippen LogP contribution in [0, 0.1) is 0 Å². The molecule has 3 N–H and O–H groups in total. The molecule has 132 heavy (non-hydrogen) atoms. The van der Waals surface area contributed by atoms with Crippen LogP contribution < -0.4 is 0 Å². The Morgan fingerprint density at radius 1 is 0.235 bits per heavy atom. The Bertz CT molecular complexity index is 3270. The zero-order chi connectivity index (χ0) is 98.2. The fourth-order valence-electron chi connectivity index (χ4n) is 15.5. The first-order valence-electron chi connectivity index (χ1n) is 53.3. The van der Waals surface area contributed by atoms with Crippen molar-refractivity contribution in [3.05, 3.63) is 71.4 Å². The maximum absolute atomic E-state index is 12.1. The van der Waals surface area contributed by atoms with Crippen LogP contribution in [0.4, 0.5) is 0 Å². The molecular formula is C108H198O21S3. The van der Waals surface area contributed by atoms with Crippen molar-refractivity contribution in [3.63, 3.8) is 0 Å². The highest BCUT2D eigenvalue weighted by Gasteiger charge is 2.16. The van der Waals surface area contributed by atoms with E-state index in [-0.39, 0.29) is 56.0 Å². The summed E-state index contributed by atoms with van der Waals surface area (Å²) in [6, 6.07) is 0. The van der Waals surface area contributed by atoms with Gasteiger partial charge in [0.25, 0.3) is 30.4 Å². The number of ether oxygens (including phenoxy) is 6. The third kappa shape index (κ3) is 114. The molecule has 0 amide bonds. The number of rotatable bonds is 93. The fraction of sp³-hybridized carbons (Fsp3) is 0.833. The molecule has 0 fully saturated rings. The summed E-state index contributed by atoms with van der Waals surface area (Å²) in [6.45, 7) is 17.0. The first kappa shape index (κ1) is 131. The van der Waals surface area contributed by atoms with Gasteiger partial charge in [0, 0.05) is 37.5 Å². The Kier molecular flexibility index (Phi) is 97.0. The number of carbonyl (C=O) groups is 6. The highest BCUT2D eigenvalue weighted by molar-refractivity contribution is 7.86. The van der Waals surface area contributed by atoms with E-state index in [0.717, 1.165) is 164 Å². The molecule has 0 aliphatic carbocycles. The second-order valence-electron chi connectivity index (χ2n) is 37.3. The number of hydrogen-bond donors (Lipinski definition) is 3. The molecule has 0 aromatic carbocycles. The molecule has 0 aliphatic heterocycles. The molecule has 21 nitrogen and oxygen atoms in total. The highest BCUT2D eigenvalue weighted by atomic mass is 32.2. The van der Waals surface area contributed by atoms with Crippen LogP contribution in [-0.4, -0.2) is 130 Å². The van der Waals surface area contributed by atoms with Crippen molar-refractivity contribution in [1.29, 1.82) is 0 Å². The monoisotopic (exact) mass is 1930 g/mol. The molecule has 0 saturated carbocycles. The van der Waals surface area contributed by atoms with Gasteiger partial charge in [-0.3, -0.25) is 28.0 Å². The van der Waals surface area contributed by atoms with Gasteiger partial charge in [0.15, 0.2) is 0 Å². The van der Waals surface area contributed by atoms with Gasteiger partial charge in [0.2, 0.25) is 0 Å². The van der Waals surface area contributed by atoms with Crippen LogP contribution in [0.15, 0.2) is 71.4 Å². The summed E-state index contributed by atoms with van der Waals surface area (Å²) in [6.07, 6.45) is 103. The molecule has 24 heteroatoms. The predicted octanol–water partition coefficient (Wildman–Crippen LogP) is 30.7. The lowest BCUT2D eigenvalue weighted by molar-refractivity contribution is -0.149. The Labute approximate surface area is 808 Å². The van der Waals surface area contributed by atoms with E-state index in [2.05, 4.69) is 57.2 Å². The van der Waals surface area contributed by atoms with Crippen molar-refractivity contribution >= 4 is 66.2 Å². The molecule has 0 aliphatic rings. The second-order valence-corrected chi connectivity index (χ2v) is 42.1. The van der Waals surface area contributed by atoms with E-state index in [9.17, 15) is 54.0 Å². The molecule has 0 radical (unpaired) electrons. The minimum Gasteiger partial charge on any atom is -0.463 e. The predicted molar refractivity (Wildman–Crippen MR) is 547 cm³/mol. The molecule has 0 heterocycles. The van der Waals surface area contributed by atoms with Gasteiger partial charge in [-0.15, -0.1) is 0 Å². The van der Waals surface area contributed by atoms with E-state index in [1.165, 1.54) is 314 Å². The van der Waals surface area contributed by atoms with Crippen molar-refractivity contribution in [3.8, 4) is 0 Å². The Morgan fingerprint density at radius 3 is 0.636 bits per heavy atom. The fourth-order valence-corrected chi connectivity index (χ4v) is 16.3. The van der Waals surface area contributed by atoms with E-state index in [0.29, 0.717) is 19.3 Å². The van der Waals surface area contributed by atoms with Crippen molar-refractivity contribution in [2.45, 2.75) is 543 Å². The van der Waals surface area contributed by atoms with Gasteiger partial charge in [-0.05, 0) is 196 Å². The molecule has 774 valence electrons. The molecule has 0 bridgehead atoms. The van der Waals surface area contributed by atoms with Crippen LogP contribution in [0.2, 0.25) is 0 Å². The van der Waals surface area contributed by atoms with Gasteiger partial charge in [-0.1, -0.05) is 363 Å². The second kappa shape index (κ2) is 97.6. The zero-order valence-electron chi connectivity index (χ0n) is 85.5. The summed E-state index contributed by atoms with van der Waals surface area (Å²) in [7, 11) is -12.4. The van der Waals surface area contributed by atoms with Crippen LogP contribution in [0.25, 0.3) is 0 Å². The molecule has 0 aromatic rings. The van der Waals surface area contributed by atoms with Gasteiger partial charge in [-0.2, -0.15) is 25.3 Å². The maximum atomic E-state index is 12.1. The van der Waals surface area contributed by atoms with Gasteiger partial charge >= 0.3 is 35.8 Å². The van der Waals surface area contributed by atoms with E-state index < -0.39 is 65.5 Å². The number of allylic oxidation sites excluding steroid dienone is 9. The molecule has 0 rings (SSSR count). The van der Waals surface area contributed by atoms with Crippen molar-refractivity contribution in [1.82, 2.24) is 0 Å². The van der Waals surface area contributed by atoms with E-state index in [1.54, 1.807) is 0 Å². The average molecular weight is 1930 g/mol. The van der Waals surface area contributed by atoms with E-state index in [1.807, 2.05) is 41.5 Å². The van der Waals surface area contributed by atoms with Crippen molar-refractivity contribution in [2.24, 2.45) is 0 Å². The highest BCUT2D eigenvalue weighted by Crippen LogP contribution is 2.22. The SMILES string of the molecule is CCCCCC/C=C\CCCCCCCCCCCCCC(=O)O[C@H](C)CCCCC/C(C)=C\C(=O)OCCS(=O)(=O)O.CCCCCCCCCCCCCC/C=C\CC/C=C\CCCC(=O)O[C@H](C)CCCCC/C(C)=C\C(=O)OCCS(=O)(=O)O.CCCCCCCCCCCCCCCCCCCCCCC(=O)O[C@H](C)CCCCC/C(C)=C\C(=O)OCCS(=O)(=O)O. The van der Waals surface area contributed by atoms with Gasteiger partial charge in [0.05, 0.1) is 18.3 Å². The lowest BCUT2D eigenvalue weighted by Gasteiger charge is -2.13. The number of carbonyl (C=O) groups excluding carboxylic acids is 6. The number of hydrogen-bond acceptors (Lipinski definition) is 18. The van der Waals surface area contributed by atoms with Crippen molar-refractivity contribution < 1.29 is 96.1 Å². The third-order valence-corrected chi connectivity index (χ3v) is 25.6. The van der Waals surface area contributed by atoms with Crippen LogP contribution >= 0.6 is 0 Å². The number of esters is 6. The topological polar surface area (TPSA) is 321 Å². The van der Waals surface area contributed by atoms with Gasteiger partial charge in [-0.25, -0.2) is 14.4 Å². The standard InChI is InChI=1S/C37H66O7S.C36H68O7S.C35H64O7S/c1-4-5-6-7-8-9-10-11-12-13-14-15-16-17-18-19-20-21-22-23-27-30-36(38)44-35(3)29-26-24-25-28-34(2)33-37(39)43-31-32-45(40,41)42;1-4-5-6-7-8-9-10-11-12-13-14-15-16-17-18-19-20-21-22-26-29-35(37)43-34(3)28-25-23-24-27-33(2)32-36(38)42-30-31-44(39,40)41;1-4-5-6-7-8-9-10-11-12-13-14-15-16-17-18-19-20-21-25-28-34(36)42-33(3)27-24-22-23-26-32(2)31-35(37)41-29-30-43(38,39)40/h17-18,21-22,33,35H,4-16,19-20,23-32H2,1-3H3,(H,40,41,42);32,34H,4-31H2,1-3H3,(H,39,40,41);9-10,31,33H,4-8,11-30H2,1-3H3,(H,38,39,40)/b18-17-,22-21-,34-33-;33-32-;10-9-,32-31-/t35-;34-;33-/m111/s1. The van der Waals surface area contributed by atoms with Crippen LogP contribution in [0.5, 0.6) is 0 Å². The summed E-state index contributed by atoms with van der Waals surface area (Å²) in [4.78, 5) is 71.3. The lowest BCUT2D eigenvalue weighted by Crippen LogP contribution is -2.14. The summed E-state index contributed by atoms with van der Waals surface area (Å²) in [5, 5.41) is 0. The van der Waals surface area contributed by atoms with Crippen LogP contribution in [0.1, 0.15) is 525 Å². The molecule has 0 spiro atoms. The summed E-state index contributed by atoms with van der Waals surface area (Å²) in [5.41, 5.74) is 2.56. The van der Waals surface area contributed by atoms with Gasteiger partial charge < -0.3 is 28.4 Å². The molecular weight excluding hydrogens is 1730 g/mol. The van der Waals surface area contributed by atoms with E-state index >= 15 is 0 Å². The summed E-state index contributed by atoms with van der Waals surface area (Å²) < 4.78 is 121.